The van der Waals surface area contributed by atoms with Gasteiger partial charge >= 0.3 is 5.91 Å². The summed E-state index contributed by atoms with van der Waals surface area (Å²) in [7, 11) is 1.53. The van der Waals surface area contributed by atoms with E-state index >= 15 is 0 Å². The van der Waals surface area contributed by atoms with Crippen molar-refractivity contribution in [3.8, 4) is 5.75 Å². The van der Waals surface area contributed by atoms with Crippen molar-refractivity contribution in [2.24, 2.45) is 0 Å². The SMILES string of the molecule is COc1cccc(C2C(=C(O)c3ccc4ccccc4c3)C(=O)C(=O)N2c2cc(C)on2)c1. The summed E-state index contributed by atoms with van der Waals surface area (Å²) in [5.41, 5.74) is 1.01. The van der Waals surface area contributed by atoms with E-state index in [1.165, 1.54) is 12.0 Å². The van der Waals surface area contributed by atoms with Gasteiger partial charge in [-0.3, -0.25) is 14.5 Å². The van der Waals surface area contributed by atoms with Crippen molar-refractivity contribution in [2.45, 2.75) is 13.0 Å². The van der Waals surface area contributed by atoms with E-state index in [9.17, 15) is 14.7 Å². The Hall–Kier alpha value is -4.39. The normalized spacial score (nSPS) is 17.6. The Bertz CT molecular complexity index is 1440. The molecule has 0 radical (unpaired) electrons. The predicted molar refractivity (Wildman–Crippen MR) is 123 cm³/mol. The van der Waals surface area contributed by atoms with Crippen LogP contribution in [-0.4, -0.2) is 29.1 Å². The molecule has 3 aromatic carbocycles. The molecule has 5 rings (SSSR count). The fraction of sp³-hybridized carbons (Fsp3) is 0.115. The highest BCUT2D eigenvalue weighted by Crippen LogP contribution is 2.42. The van der Waals surface area contributed by atoms with Crippen LogP contribution in [0.5, 0.6) is 5.75 Å². The summed E-state index contributed by atoms with van der Waals surface area (Å²) < 4.78 is 10.5. The Balaban J connectivity index is 1.73. The van der Waals surface area contributed by atoms with Gasteiger partial charge in [-0.05, 0) is 41.5 Å². The van der Waals surface area contributed by atoms with E-state index in [-0.39, 0.29) is 17.2 Å². The maximum absolute atomic E-state index is 13.2. The van der Waals surface area contributed by atoms with Gasteiger partial charge in [0.05, 0.1) is 18.7 Å². The molecule has 1 aliphatic heterocycles. The van der Waals surface area contributed by atoms with Crippen molar-refractivity contribution in [3.05, 3.63) is 95.3 Å². The molecule has 7 heteroatoms. The molecule has 4 aromatic rings. The summed E-state index contributed by atoms with van der Waals surface area (Å²) in [4.78, 5) is 27.6. The lowest BCUT2D eigenvalue weighted by Crippen LogP contribution is -2.29. The van der Waals surface area contributed by atoms with Crippen molar-refractivity contribution >= 4 is 34.0 Å². The average Bonchev–Trinajstić information content (AvgIpc) is 3.38. The number of carbonyl (C=O) groups is 2. The summed E-state index contributed by atoms with van der Waals surface area (Å²) in [5, 5.41) is 17.2. The van der Waals surface area contributed by atoms with Crippen LogP contribution in [0.3, 0.4) is 0 Å². The fourth-order valence-corrected chi connectivity index (χ4v) is 4.15. The van der Waals surface area contributed by atoms with Crippen LogP contribution in [0.1, 0.15) is 22.9 Å². The molecule has 1 saturated heterocycles. The molecular formula is C26H20N2O5. The van der Waals surface area contributed by atoms with E-state index in [0.29, 0.717) is 22.6 Å². The molecule has 2 heterocycles. The fourth-order valence-electron chi connectivity index (χ4n) is 4.15. The van der Waals surface area contributed by atoms with Crippen LogP contribution in [-0.2, 0) is 9.59 Å². The zero-order valence-electron chi connectivity index (χ0n) is 18.0. The lowest BCUT2D eigenvalue weighted by atomic mass is 9.94. The zero-order chi connectivity index (χ0) is 23.1. The van der Waals surface area contributed by atoms with E-state index in [1.807, 2.05) is 30.3 Å². The Morgan fingerprint density at radius 1 is 1.00 bits per heavy atom. The summed E-state index contributed by atoms with van der Waals surface area (Å²) in [6, 6.07) is 20.8. The van der Waals surface area contributed by atoms with Gasteiger partial charge in [-0.1, -0.05) is 53.7 Å². The lowest BCUT2D eigenvalue weighted by Gasteiger charge is -2.23. The van der Waals surface area contributed by atoms with Crippen LogP contribution in [0, 0.1) is 6.92 Å². The number of rotatable bonds is 4. The quantitative estimate of drug-likeness (QED) is 0.279. The third-order valence-electron chi connectivity index (χ3n) is 5.74. The van der Waals surface area contributed by atoms with E-state index < -0.39 is 17.7 Å². The van der Waals surface area contributed by atoms with Crippen LogP contribution >= 0.6 is 0 Å². The molecule has 7 nitrogen and oxygen atoms in total. The van der Waals surface area contributed by atoms with Gasteiger partial charge in [0.25, 0.3) is 5.78 Å². The Kier molecular flexibility index (Phi) is 4.94. The minimum Gasteiger partial charge on any atom is -0.507 e. The number of aliphatic hydroxyl groups excluding tert-OH is 1. The zero-order valence-corrected chi connectivity index (χ0v) is 18.0. The van der Waals surface area contributed by atoms with Gasteiger partial charge in [0.1, 0.15) is 17.3 Å². The third-order valence-corrected chi connectivity index (χ3v) is 5.74. The van der Waals surface area contributed by atoms with Gasteiger partial charge in [-0.2, -0.15) is 0 Å². The van der Waals surface area contributed by atoms with Gasteiger partial charge in [-0.15, -0.1) is 0 Å². The summed E-state index contributed by atoms with van der Waals surface area (Å²) in [5.74, 6) is -0.604. The first-order valence-electron chi connectivity index (χ1n) is 10.4. The lowest BCUT2D eigenvalue weighted by molar-refractivity contribution is -0.132. The first-order valence-corrected chi connectivity index (χ1v) is 10.4. The molecule has 1 atom stereocenters. The molecule has 1 aromatic heterocycles. The Morgan fingerprint density at radius 3 is 2.52 bits per heavy atom. The number of methoxy groups -OCH3 is 1. The number of benzene rings is 3. The van der Waals surface area contributed by atoms with Crippen molar-refractivity contribution in [1.82, 2.24) is 5.16 Å². The summed E-state index contributed by atoms with van der Waals surface area (Å²) in [6.45, 7) is 1.70. The van der Waals surface area contributed by atoms with Gasteiger partial charge in [0, 0.05) is 11.6 Å². The standard InChI is InChI=1S/C26H20N2O5/c1-15-12-21(27-33-15)28-23(18-8-5-9-20(14-18)32-2)22(25(30)26(28)31)24(29)19-11-10-16-6-3-4-7-17(16)13-19/h3-14,23,29H,1-2H3. The number of ether oxygens (including phenoxy) is 1. The first kappa shape index (κ1) is 20.5. The maximum atomic E-state index is 13.2. The number of carbonyl (C=O) groups excluding carboxylic acids is 2. The smallest absolute Gasteiger partial charge is 0.301 e. The number of amides is 1. The van der Waals surface area contributed by atoms with E-state index in [2.05, 4.69) is 5.16 Å². The number of anilines is 1. The molecule has 1 unspecified atom stereocenters. The van der Waals surface area contributed by atoms with Crippen LogP contribution in [0.4, 0.5) is 5.82 Å². The Labute approximate surface area is 189 Å². The number of hydrogen-bond donors (Lipinski definition) is 1. The number of ketones is 1. The molecule has 0 aliphatic carbocycles. The highest BCUT2D eigenvalue weighted by Gasteiger charge is 2.48. The largest absolute Gasteiger partial charge is 0.507 e. The molecule has 1 aliphatic rings. The van der Waals surface area contributed by atoms with Crippen LogP contribution in [0.2, 0.25) is 0 Å². The molecule has 0 bridgehead atoms. The molecule has 164 valence electrons. The second kappa shape index (κ2) is 7.94. The minimum atomic E-state index is -0.906. The van der Waals surface area contributed by atoms with E-state index in [1.54, 1.807) is 49.4 Å². The number of fused-ring (bicyclic) bond motifs is 1. The number of aliphatic hydroxyl groups is 1. The molecule has 0 saturated carbocycles. The number of nitrogens with zero attached hydrogens (tertiary/aromatic N) is 2. The van der Waals surface area contributed by atoms with Crippen molar-refractivity contribution < 1.29 is 24.0 Å². The average molecular weight is 440 g/mol. The number of Topliss-reactive ketones (excluding diaryl/α,β-unsaturated/α-hetero) is 1. The summed E-state index contributed by atoms with van der Waals surface area (Å²) >= 11 is 0. The minimum absolute atomic E-state index is 0.0239. The second-order valence-electron chi connectivity index (χ2n) is 7.80. The van der Waals surface area contributed by atoms with E-state index in [4.69, 9.17) is 9.26 Å². The maximum Gasteiger partial charge on any atom is 0.301 e. The van der Waals surface area contributed by atoms with Crippen LogP contribution < -0.4 is 9.64 Å². The van der Waals surface area contributed by atoms with Gasteiger partial charge in [-0.25, -0.2) is 0 Å². The summed E-state index contributed by atoms with van der Waals surface area (Å²) in [6.07, 6.45) is 0. The van der Waals surface area contributed by atoms with Gasteiger partial charge in [0.2, 0.25) is 0 Å². The van der Waals surface area contributed by atoms with Crippen molar-refractivity contribution in [1.29, 1.82) is 0 Å². The van der Waals surface area contributed by atoms with E-state index in [0.717, 1.165) is 10.8 Å². The molecule has 1 fully saturated rings. The number of aromatic nitrogens is 1. The topological polar surface area (TPSA) is 92.9 Å². The first-order chi connectivity index (χ1) is 16.0. The Morgan fingerprint density at radius 2 is 1.79 bits per heavy atom. The second-order valence-corrected chi connectivity index (χ2v) is 7.80. The highest BCUT2D eigenvalue weighted by atomic mass is 16.5. The number of hydrogen-bond acceptors (Lipinski definition) is 6. The highest BCUT2D eigenvalue weighted by molar-refractivity contribution is 6.51. The molecule has 1 amide bonds. The predicted octanol–water partition coefficient (Wildman–Crippen LogP) is 4.77. The van der Waals surface area contributed by atoms with Crippen molar-refractivity contribution in [3.63, 3.8) is 0 Å². The number of aryl methyl sites for hydroxylation is 1. The molecule has 33 heavy (non-hydrogen) atoms. The third kappa shape index (κ3) is 3.43. The molecular weight excluding hydrogens is 420 g/mol. The van der Waals surface area contributed by atoms with Crippen LogP contribution in [0.25, 0.3) is 16.5 Å². The van der Waals surface area contributed by atoms with Gasteiger partial charge < -0.3 is 14.4 Å². The molecule has 0 spiro atoms. The monoisotopic (exact) mass is 440 g/mol. The van der Waals surface area contributed by atoms with Crippen molar-refractivity contribution in [2.75, 3.05) is 12.0 Å². The molecule has 1 N–H and O–H groups in total. The van der Waals surface area contributed by atoms with Crippen LogP contribution in [0.15, 0.2) is 82.9 Å². The van der Waals surface area contributed by atoms with Gasteiger partial charge in [0.15, 0.2) is 5.82 Å².